The van der Waals surface area contributed by atoms with Gasteiger partial charge in [-0.3, -0.25) is 4.40 Å². The summed E-state index contributed by atoms with van der Waals surface area (Å²) in [4.78, 5) is 4.07. The Balaban J connectivity index is 2.67. The molecule has 0 aliphatic carbocycles. The Morgan fingerprint density at radius 2 is 2.36 bits per heavy atom. The Kier molecular flexibility index (Phi) is 1.71. The average molecular weight is 184 g/mol. The van der Waals surface area contributed by atoms with Crippen LogP contribution in [0.5, 0.6) is 0 Å². The maximum Gasteiger partial charge on any atom is 0.164 e. The van der Waals surface area contributed by atoms with Gasteiger partial charge in [0.15, 0.2) is 5.65 Å². The first-order chi connectivity index (χ1) is 5.40. The van der Waals surface area contributed by atoms with Crippen LogP contribution in [0.4, 0.5) is 0 Å². The van der Waals surface area contributed by atoms with Crippen molar-refractivity contribution in [3.63, 3.8) is 0 Å². The predicted molar refractivity (Wildman–Crippen MR) is 45.6 cm³/mol. The Morgan fingerprint density at radius 3 is 3.18 bits per heavy atom. The highest BCUT2D eigenvalue weighted by molar-refractivity contribution is 8.68. The number of thiol groups is 1. The number of hydrogen-bond donors (Lipinski definition) is 1. The van der Waals surface area contributed by atoms with Crippen molar-refractivity contribution in [3.05, 3.63) is 18.7 Å². The lowest BCUT2D eigenvalue weighted by atomic mass is 10.6. The zero-order valence-corrected chi connectivity index (χ0v) is 7.09. The van der Waals surface area contributed by atoms with Crippen LogP contribution >= 0.6 is 22.5 Å². The first-order valence-electron chi connectivity index (χ1n) is 2.87. The summed E-state index contributed by atoms with van der Waals surface area (Å²) in [5.41, 5.74) is 0.788. The molecule has 0 unspecified atom stereocenters. The van der Waals surface area contributed by atoms with E-state index in [0.717, 1.165) is 10.7 Å². The Morgan fingerprint density at radius 1 is 1.45 bits per heavy atom. The van der Waals surface area contributed by atoms with E-state index in [1.165, 1.54) is 10.8 Å². The Hall–Kier alpha value is -0.750. The molecule has 0 saturated carbocycles. The van der Waals surface area contributed by atoms with Gasteiger partial charge in [-0.05, 0) is 10.8 Å². The van der Waals surface area contributed by atoms with Crippen molar-refractivity contribution in [1.82, 2.24) is 19.6 Å². The molecule has 2 heterocycles. The molecule has 6 heteroatoms. The molecule has 2 aromatic heterocycles. The molecule has 0 saturated heterocycles. The number of aromatic nitrogens is 4. The lowest BCUT2D eigenvalue weighted by Gasteiger charge is -1.92. The van der Waals surface area contributed by atoms with Crippen LogP contribution in [0.1, 0.15) is 0 Å². The van der Waals surface area contributed by atoms with E-state index in [0.29, 0.717) is 0 Å². The number of nitrogens with zero attached hydrogens (tertiary/aromatic N) is 4. The van der Waals surface area contributed by atoms with Gasteiger partial charge in [-0.2, -0.15) is 0 Å². The summed E-state index contributed by atoms with van der Waals surface area (Å²) >= 11 is 4.01. The van der Waals surface area contributed by atoms with Crippen LogP contribution in [0, 0.1) is 0 Å². The van der Waals surface area contributed by atoms with Crippen LogP contribution in [0.3, 0.4) is 0 Å². The van der Waals surface area contributed by atoms with Crippen molar-refractivity contribution in [3.8, 4) is 0 Å². The van der Waals surface area contributed by atoms with Crippen molar-refractivity contribution in [2.75, 3.05) is 0 Å². The van der Waals surface area contributed by atoms with Crippen LogP contribution in [0.2, 0.25) is 0 Å². The molecule has 4 nitrogen and oxygen atoms in total. The third kappa shape index (κ3) is 1.19. The van der Waals surface area contributed by atoms with Gasteiger partial charge in [0.25, 0.3) is 0 Å². The summed E-state index contributed by atoms with van der Waals surface area (Å²) in [5, 5.41) is 8.40. The minimum atomic E-state index is 0.788. The van der Waals surface area contributed by atoms with Gasteiger partial charge in [-0.1, -0.05) is 0 Å². The fraction of sp³-hybridized carbons (Fsp3) is 0. The molecule has 0 aliphatic heterocycles. The summed E-state index contributed by atoms with van der Waals surface area (Å²) in [6.07, 6.45) is 3.27. The first kappa shape index (κ1) is 6.93. The van der Waals surface area contributed by atoms with Crippen LogP contribution in [0.25, 0.3) is 5.65 Å². The fourth-order valence-corrected chi connectivity index (χ4v) is 1.31. The molecule has 0 amide bonds. The number of hydrogen-bond acceptors (Lipinski definition) is 5. The summed E-state index contributed by atoms with van der Waals surface area (Å²) in [6, 6.07) is 1.82. The zero-order chi connectivity index (χ0) is 7.68. The van der Waals surface area contributed by atoms with Crippen LogP contribution in [0.15, 0.2) is 23.7 Å². The zero-order valence-electron chi connectivity index (χ0n) is 5.38. The summed E-state index contributed by atoms with van der Waals surface area (Å²) < 4.78 is 1.74. The second-order valence-electron chi connectivity index (χ2n) is 1.91. The van der Waals surface area contributed by atoms with Gasteiger partial charge in [0.1, 0.15) is 17.7 Å². The van der Waals surface area contributed by atoms with E-state index in [4.69, 9.17) is 0 Å². The lowest BCUT2D eigenvalue weighted by molar-refractivity contribution is 1.01. The van der Waals surface area contributed by atoms with Crippen LogP contribution in [-0.2, 0) is 0 Å². The molecule has 56 valence electrons. The fourth-order valence-electron chi connectivity index (χ4n) is 0.761. The molecule has 0 spiro atoms. The predicted octanol–water partition coefficient (Wildman–Crippen LogP) is 1.06. The molecule has 0 aromatic carbocycles. The SMILES string of the molecule is SSc1cc2nncn2cn1. The van der Waals surface area contributed by atoms with E-state index < -0.39 is 0 Å². The molecule has 11 heavy (non-hydrogen) atoms. The molecule has 0 bridgehead atoms. The molecule has 0 radical (unpaired) electrons. The van der Waals surface area contributed by atoms with Gasteiger partial charge in [0.05, 0.1) is 0 Å². The summed E-state index contributed by atoms with van der Waals surface area (Å²) in [5.74, 6) is 0. The molecular weight excluding hydrogens is 180 g/mol. The van der Waals surface area contributed by atoms with E-state index in [1.54, 1.807) is 17.1 Å². The molecule has 2 aromatic rings. The highest BCUT2D eigenvalue weighted by Gasteiger charge is 1.96. The van der Waals surface area contributed by atoms with Crippen molar-refractivity contribution < 1.29 is 0 Å². The smallest absolute Gasteiger partial charge is 0.164 e. The van der Waals surface area contributed by atoms with Gasteiger partial charge < -0.3 is 0 Å². The van der Waals surface area contributed by atoms with E-state index in [1.807, 2.05) is 6.07 Å². The molecule has 0 fully saturated rings. The third-order valence-electron chi connectivity index (χ3n) is 1.26. The maximum absolute atomic E-state index is 4.07. The molecule has 0 N–H and O–H groups in total. The van der Waals surface area contributed by atoms with Crippen LogP contribution in [-0.4, -0.2) is 19.6 Å². The quantitative estimate of drug-likeness (QED) is 0.409. The second kappa shape index (κ2) is 2.71. The molecule has 0 atom stereocenters. The van der Waals surface area contributed by atoms with Crippen LogP contribution < -0.4 is 0 Å². The summed E-state index contributed by atoms with van der Waals surface area (Å²) in [6.45, 7) is 0. The van der Waals surface area contributed by atoms with Gasteiger partial charge in [-0.15, -0.1) is 21.9 Å². The van der Waals surface area contributed by atoms with E-state index in [9.17, 15) is 0 Å². The normalized spacial score (nSPS) is 10.6. The lowest BCUT2D eigenvalue weighted by Crippen LogP contribution is -1.85. The van der Waals surface area contributed by atoms with E-state index >= 15 is 0 Å². The van der Waals surface area contributed by atoms with Crippen molar-refractivity contribution in [2.45, 2.75) is 5.03 Å². The van der Waals surface area contributed by atoms with Gasteiger partial charge in [0.2, 0.25) is 0 Å². The largest absolute Gasteiger partial charge is 0.272 e. The molecule has 0 aliphatic rings. The summed E-state index contributed by atoms with van der Waals surface area (Å²) in [7, 11) is 1.29. The number of fused-ring (bicyclic) bond motifs is 1. The maximum atomic E-state index is 4.07. The standard InChI is InChI=1S/C5H4N4S2/c10-11-5-1-4-8-7-3-9(4)2-6-5/h1-3,10H. The average Bonchev–Trinajstić information content (AvgIpc) is 2.50. The minimum Gasteiger partial charge on any atom is -0.272 e. The van der Waals surface area contributed by atoms with Gasteiger partial charge in [-0.25, -0.2) is 4.98 Å². The number of rotatable bonds is 1. The topological polar surface area (TPSA) is 43.1 Å². The van der Waals surface area contributed by atoms with E-state index in [-0.39, 0.29) is 0 Å². The van der Waals surface area contributed by atoms with Crippen molar-refractivity contribution in [1.29, 1.82) is 0 Å². The van der Waals surface area contributed by atoms with Gasteiger partial charge in [0, 0.05) is 6.07 Å². The molecule has 2 rings (SSSR count). The van der Waals surface area contributed by atoms with Crippen molar-refractivity contribution >= 4 is 28.1 Å². The van der Waals surface area contributed by atoms with E-state index in [2.05, 4.69) is 26.8 Å². The highest BCUT2D eigenvalue weighted by atomic mass is 33.1. The Bertz CT molecular complexity index is 371. The highest BCUT2D eigenvalue weighted by Crippen LogP contribution is 2.18. The van der Waals surface area contributed by atoms with Crippen molar-refractivity contribution in [2.24, 2.45) is 0 Å². The minimum absolute atomic E-state index is 0.788. The first-order valence-corrected chi connectivity index (χ1v) is 4.74. The second-order valence-corrected chi connectivity index (χ2v) is 3.06. The molecular formula is C5H4N4S2. The van der Waals surface area contributed by atoms with Gasteiger partial charge >= 0.3 is 0 Å². The third-order valence-corrected chi connectivity index (χ3v) is 2.23. The Labute approximate surface area is 71.9 Å². The monoisotopic (exact) mass is 184 g/mol.